The topological polar surface area (TPSA) is 58.4 Å². The lowest BCUT2D eigenvalue weighted by Gasteiger charge is -2.35. The summed E-state index contributed by atoms with van der Waals surface area (Å²) < 4.78 is 0. The molecule has 20 heavy (non-hydrogen) atoms. The van der Waals surface area contributed by atoms with E-state index in [1.54, 1.807) is 0 Å². The highest BCUT2D eigenvalue weighted by Gasteiger charge is 2.37. The van der Waals surface area contributed by atoms with E-state index in [1.807, 2.05) is 0 Å². The van der Waals surface area contributed by atoms with Gasteiger partial charge in [0.1, 0.15) is 0 Å². The summed E-state index contributed by atoms with van der Waals surface area (Å²) in [5.74, 6) is 0.173. The Labute approximate surface area is 124 Å². The minimum Gasteiger partial charge on any atom is -0.354 e. The first kappa shape index (κ1) is 17.4. The van der Waals surface area contributed by atoms with Crippen LogP contribution in [-0.2, 0) is 4.79 Å². The average Bonchev–Trinajstić information content (AvgIpc) is 2.43. The Bertz CT molecular complexity index is 288. The highest BCUT2D eigenvalue weighted by atomic mass is 16.2. The van der Waals surface area contributed by atoms with E-state index in [2.05, 4.69) is 37.9 Å². The standard InChI is InChI=1S/C16H33N3O/c1-13(2)19(14(3)4)11-10-18-15(20)16(12-17)8-6-5-7-9-16/h13-14H,5-12,17H2,1-4H3,(H,18,20). The molecule has 4 heteroatoms. The van der Waals surface area contributed by atoms with E-state index in [-0.39, 0.29) is 11.3 Å². The Morgan fingerprint density at radius 1 is 1.15 bits per heavy atom. The molecule has 1 rings (SSSR count). The van der Waals surface area contributed by atoms with Gasteiger partial charge < -0.3 is 11.1 Å². The Morgan fingerprint density at radius 3 is 2.15 bits per heavy atom. The molecule has 1 amide bonds. The molecule has 0 radical (unpaired) electrons. The van der Waals surface area contributed by atoms with E-state index in [4.69, 9.17) is 5.73 Å². The van der Waals surface area contributed by atoms with Crippen LogP contribution in [0.3, 0.4) is 0 Å². The van der Waals surface area contributed by atoms with Gasteiger partial charge in [0.05, 0.1) is 5.41 Å². The molecule has 0 spiro atoms. The van der Waals surface area contributed by atoms with Crippen LogP contribution in [0.1, 0.15) is 59.8 Å². The second-order valence-electron chi connectivity index (χ2n) is 6.73. The minimum atomic E-state index is -0.293. The summed E-state index contributed by atoms with van der Waals surface area (Å²) >= 11 is 0. The summed E-state index contributed by atoms with van der Waals surface area (Å²) in [5.41, 5.74) is 5.60. The van der Waals surface area contributed by atoms with Crippen molar-refractivity contribution < 1.29 is 4.79 Å². The largest absolute Gasteiger partial charge is 0.354 e. The Hall–Kier alpha value is -0.610. The van der Waals surface area contributed by atoms with Gasteiger partial charge >= 0.3 is 0 Å². The second kappa shape index (κ2) is 7.99. The zero-order chi connectivity index (χ0) is 15.2. The third kappa shape index (κ3) is 4.45. The van der Waals surface area contributed by atoms with Gasteiger partial charge in [0.25, 0.3) is 0 Å². The number of hydrogen-bond acceptors (Lipinski definition) is 3. The van der Waals surface area contributed by atoms with Gasteiger partial charge in [0.15, 0.2) is 0 Å². The number of carbonyl (C=O) groups is 1. The molecular weight excluding hydrogens is 250 g/mol. The highest BCUT2D eigenvalue weighted by molar-refractivity contribution is 5.83. The molecule has 0 saturated heterocycles. The van der Waals surface area contributed by atoms with Gasteiger partial charge in [-0.25, -0.2) is 0 Å². The molecule has 1 aliphatic rings. The van der Waals surface area contributed by atoms with Gasteiger partial charge in [-0.3, -0.25) is 9.69 Å². The quantitative estimate of drug-likeness (QED) is 0.752. The van der Waals surface area contributed by atoms with Crippen molar-refractivity contribution in [2.45, 2.75) is 71.9 Å². The van der Waals surface area contributed by atoms with Gasteiger partial charge in [-0.2, -0.15) is 0 Å². The number of nitrogens with one attached hydrogen (secondary N) is 1. The summed E-state index contributed by atoms with van der Waals surface area (Å²) in [5, 5.41) is 3.12. The van der Waals surface area contributed by atoms with Crippen LogP contribution in [-0.4, -0.2) is 42.5 Å². The zero-order valence-corrected chi connectivity index (χ0v) is 13.7. The summed E-state index contributed by atoms with van der Waals surface area (Å²) in [4.78, 5) is 14.9. The molecule has 0 bridgehead atoms. The SMILES string of the molecule is CC(C)N(CCNC(=O)C1(CN)CCCCC1)C(C)C. The maximum Gasteiger partial charge on any atom is 0.227 e. The van der Waals surface area contributed by atoms with E-state index in [1.165, 1.54) is 6.42 Å². The van der Waals surface area contributed by atoms with Gasteiger partial charge in [-0.05, 0) is 40.5 Å². The molecule has 1 saturated carbocycles. The maximum absolute atomic E-state index is 12.5. The Kier molecular flexibility index (Phi) is 6.96. The first-order chi connectivity index (χ1) is 9.43. The molecule has 0 atom stereocenters. The van der Waals surface area contributed by atoms with Gasteiger partial charge in [-0.1, -0.05) is 19.3 Å². The first-order valence-electron chi connectivity index (χ1n) is 8.17. The summed E-state index contributed by atoms with van der Waals surface area (Å²) in [7, 11) is 0. The zero-order valence-electron chi connectivity index (χ0n) is 13.7. The van der Waals surface area contributed by atoms with E-state index in [0.29, 0.717) is 18.6 Å². The molecule has 4 nitrogen and oxygen atoms in total. The van der Waals surface area contributed by atoms with Crippen LogP contribution in [0.4, 0.5) is 0 Å². The lowest BCUT2D eigenvalue weighted by Crippen LogP contribution is -2.49. The molecule has 0 aromatic heterocycles. The first-order valence-corrected chi connectivity index (χ1v) is 8.17. The lowest BCUT2D eigenvalue weighted by molar-refractivity contribution is -0.132. The van der Waals surface area contributed by atoms with Gasteiger partial charge in [0, 0.05) is 31.7 Å². The molecule has 3 N–H and O–H groups in total. The minimum absolute atomic E-state index is 0.173. The van der Waals surface area contributed by atoms with E-state index >= 15 is 0 Å². The van der Waals surface area contributed by atoms with Gasteiger partial charge in [-0.15, -0.1) is 0 Å². The number of nitrogens with two attached hydrogens (primary N) is 1. The fourth-order valence-electron chi connectivity index (χ4n) is 3.35. The third-order valence-corrected chi connectivity index (χ3v) is 4.67. The van der Waals surface area contributed by atoms with Crippen LogP contribution in [0.5, 0.6) is 0 Å². The third-order valence-electron chi connectivity index (χ3n) is 4.67. The molecule has 0 aliphatic heterocycles. The predicted molar refractivity (Wildman–Crippen MR) is 84.6 cm³/mol. The van der Waals surface area contributed by atoms with Crippen molar-refractivity contribution in [2.75, 3.05) is 19.6 Å². The van der Waals surface area contributed by atoms with Crippen molar-refractivity contribution >= 4 is 5.91 Å². The summed E-state index contributed by atoms with van der Waals surface area (Å²) in [6.45, 7) is 10.9. The molecule has 0 heterocycles. The molecule has 1 fully saturated rings. The monoisotopic (exact) mass is 283 g/mol. The smallest absolute Gasteiger partial charge is 0.227 e. The Morgan fingerprint density at radius 2 is 1.70 bits per heavy atom. The number of hydrogen-bond donors (Lipinski definition) is 2. The molecule has 118 valence electrons. The van der Waals surface area contributed by atoms with Crippen LogP contribution in [0.15, 0.2) is 0 Å². The van der Waals surface area contributed by atoms with Gasteiger partial charge in [0.2, 0.25) is 5.91 Å². The van der Waals surface area contributed by atoms with Crippen LogP contribution in [0.25, 0.3) is 0 Å². The van der Waals surface area contributed by atoms with Crippen LogP contribution >= 0.6 is 0 Å². The fourth-order valence-corrected chi connectivity index (χ4v) is 3.35. The molecule has 0 unspecified atom stereocenters. The Balaban J connectivity index is 2.45. The number of carbonyl (C=O) groups excluding carboxylic acids is 1. The average molecular weight is 283 g/mol. The van der Waals surface area contributed by atoms with Crippen molar-refractivity contribution in [3.63, 3.8) is 0 Å². The number of amides is 1. The van der Waals surface area contributed by atoms with Crippen molar-refractivity contribution in [1.29, 1.82) is 0 Å². The van der Waals surface area contributed by atoms with E-state index in [0.717, 1.165) is 38.8 Å². The normalized spacial score (nSPS) is 18.8. The van der Waals surface area contributed by atoms with Crippen molar-refractivity contribution in [3.8, 4) is 0 Å². The van der Waals surface area contributed by atoms with E-state index < -0.39 is 0 Å². The van der Waals surface area contributed by atoms with Crippen molar-refractivity contribution in [1.82, 2.24) is 10.2 Å². The van der Waals surface area contributed by atoms with Crippen molar-refractivity contribution in [2.24, 2.45) is 11.1 Å². The summed E-state index contributed by atoms with van der Waals surface area (Å²) in [6, 6.07) is 1.01. The molecule has 0 aromatic rings. The molecule has 1 aliphatic carbocycles. The van der Waals surface area contributed by atoms with Crippen molar-refractivity contribution in [3.05, 3.63) is 0 Å². The second-order valence-corrected chi connectivity index (χ2v) is 6.73. The summed E-state index contributed by atoms with van der Waals surface area (Å²) in [6.07, 6.45) is 5.41. The maximum atomic E-state index is 12.5. The number of rotatable bonds is 7. The van der Waals surface area contributed by atoms with Crippen LogP contribution in [0, 0.1) is 5.41 Å². The highest BCUT2D eigenvalue weighted by Crippen LogP contribution is 2.35. The van der Waals surface area contributed by atoms with Crippen LogP contribution < -0.4 is 11.1 Å². The van der Waals surface area contributed by atoms with E-state index in [9.17, 15) is 4.79 Å². The fraction of sp³-hybridized carbons (Fsp3) is 0.938. The number of nitrogens with zero attached hydrogens (tertiary/aromatic N) is 1. The lowest BCUT2D eigenvalue weighted by atomic mass is 9.73. The van der Waals surface area contributed by atoms with Crippen LogP contribution in [0.2, 0.25) is 0 Å². The molecular formula is C16H33N3O. The molecule has 0 aromatic carbocycles. The predicted octanol–water partition coefficient (Wildman–Crippen LogP) is 2.13.